The molecule has 0 spiro atoms. The second-order valence-electron chi connectivity index (χ2n) is 4.66. The molecule has 0 saturated carbocycles. The lowest BCUT2D eigenvalue weighted by Crippen LogP contribution is -2.31. The maximum absolute atomic E-state index is 11.4. The fourth-order valence-corrected chi connectivity index (χ4v) is 2.13. The first-order valence-electron chi connectivity index (χ1n) is 6.69. The van der Waals surface area contributed by atoms with Crippen molar-refractivity contribution < 1.29 is 14.5 Å². The van der Waals surface area contributed by atoms with Gasteiger partial charge in [0.2, 0.25) is 0 Å². The maximum atomic E-state index is 11.4. The number of hydrogen-bond donors (Lipinski definition) is 2. The van der Waals surface area contributed by atoms with Crippen LogP contribution in [0.25, 0.3) is 0 Å². The molecule has 8 nitrogen and oxygen atoms in total. The summed E-state index contributed by atoms with van der Waals surface area (Å²) in [6.07, 6.45) is 0. The third kappa shape index (κ3) is 3.82. The molecule has 1 heterocycles. The van der Waals surface area contributed by atoms with Crippen LogP contribution in [0.2, 0.25) is 0 Å². The van der Waals surface area contributed by atoms with Crippen molar-refractivity contribution >= 4 is 11.7 Å². The van der Waals surface area contributed by atoms with Gasteiger partial charge in [-0.1, -0.05) is 6.07 Å². The molecular formula is C13H18N4O4. The van der Waals surface area contributed by atoms with Gasteiger partial charge in [0.15, 0.2) is 5.75 Å². The van der Waals surface area contributed by atoms with Crippen molar-refractivity contribution in [1.82, 2.24) is 15.5 Å². The summed E-state index contributed by atoms with van der Waals surface area (Å²) in [5.41, 5.74) is 0.831. The van der Waals surface area contributed by atoms with Crippen LogP contribution in [-0.2, 0) is 6.54 Å². The van der Waals surface area contributed by atoms with Crippen molar-refractivity contribution in [1.29, 1.82) is 0 Å². The molecule has 114 valence electrons. The fourth-order valence-electron chi connectivity index (χ4n) is 2.13. The molecule has 1 aromatic carbocycles. The predicted molar refractivity (Wildman–Crippen MR) is 76.3 cm³/mol. The molecule has 1 fully saturated rings. The molecule has 1 aromatic rings. The highest BCUT2D eigenvalue weighted by Gasteiger charge is 2.20. The molecule has 2 N–H and O–H groups in total. The highest BCUT2D eigenvalue weighted by atomic mass is 16.6. The zero-order valence-corrected chi connectivity index (χ0v) is 11.8. The Labute approximate surface area is 122 Å². The van der Waals surface area contributed by atoms with Crippen molar-refractivity contribution in [3.05, 3.63) is 33.9 Å². The predicted octanol–water partition coefficient (Wildman–Crippen LogP) is 0.718. The number of nitrogens with one attached hydrogen (secondary N) is 2. The second-order valence-corrected chi connectivity index (χ2v) is 4.66. The number of nitro benzene ring substituents is 1. The number of benzene rings is 1. The van der Waals surface area contributed by atoms with Crippen molar-refractivity contribution in [3.8, 4) is 5.75 Å². The van der Waals surface area contributed by atoms with Crippen molar-refractivity contribution in [2.45, 2.75) is 6.54 Å². The number of rotatable bonds is 7. The molecule has 21 heavy (non-hydrogen) atoms. The third-order valence-electron chi connectivity index (χ3n) is 3.17. The largest absolute Gasteiger partial charge is 0.485 e. The molecule has 1 aliphatic rings. The Morgan fingerprint density at radius 1 is 1.52 bits per heavy atom. The standard InChI is InChI=1S/C13H18N4O4/c1-14-9-10-2-3-11(17(19)20)12(8-10)21-7-6-16-5-4-15-13(16)18/h2-3,8,14H,4-7,9H2,1H3,(H,15,18). The number of hydrogen-bond acceptors (Lipinski definition) is 5. The fraction of sp³-hybridized carbons (Fsp3) is 0.462. The van der Waals surface area contributed by atoms with Crippen LogP contribution in [-0.4, -0.2) is 49.1 Å². The van der Waals surface area contributed by atoms with Crippen LogP contribution in [0.5, 0.6) is 5.75 Å². The highest BCUT2D eigenvalue weighted by molar-refractivity contribution is 5.76. The lowest BCUT2D eigenvalue weighted by Gasteiger charge is -2.15. The summed E-state index contributed by atoms with van der Waals surface area (Å²) >= 11 is 0. The summed E-state index contributed by atoms with van der Waals surface area (Å²) in [5.74, 6) is 0.229. The van der Waals surface area contributed by atoms with Gasteiger partial charge in [-0.05, 0) is 18.7 Å². The van der Waals surface area contributed by atoms with Crippen LogP contribution >= 0.6 is 0 Å². The Kier molecular flexibility index (Phi) is 4.94. The quantitative estimate of drug-likeness (QED) is 0.570. The van der Waals surface area contributed by atoms with Crippen molar-refractivity contribution in [2.75, 3.05) is 33.3 Å². The summed E-state index contributed by atoms with van der Waals surface area (Å²) in [5, 5.41) is 16.7. The molecule has 0 radical (unpaired) electrons. The Bertz CT molecular complexity index is 535. The highest BCUT2D eigenvalue weighted by Crippen LogP contribution is 2.28. The molecular weight excluding hydrogens is 276 g/mol. The van der Waals surface area contributed by atoms with Crippen molar-refractivity contribution in [3.63, 3.8) is 0 Å². The number of carbonyl (C=O) groups excluding carboxylic acids is 1. The minimum atomic E-state index is -0.471. The topological polar surface area (TPSA) is 96.7 Å². The first-order chi connectivity index (χ1) is 10.1. The van der Waals surface area contributed by atoms with Gasteiger partial charge in [0.1, 0.15) is 6.61 Å². The van der Waals surface area contributed by atoms with Crippen LogP contribution in [0.1, 0.15) is 5.56 Å². The second kappa shape index (κ2) is 6.89. The Morgan fingerprint density at radius 2 is 2.33 bits per heavy atom. The first kappa shape index (κ1) is 15.0. The van der Waals surface area contributed by atoms with E-state index in [2.05, 4.69) is 10.6 Å². The van der Waals surface area contributed by atoms with Gasteiger partial charge in [-0.2, -0.15) is 0 Å². The van der Waals surface area contributed by atoms with E-state index in [0.29, 0.717) is 26.2 Å². The van der Waals surface area contributed by atoms with E-state index in [0.717, 1.165) is 5.56 Å². The summed E-state index contributed by atoms with van der Waals surface area (Å²) in [6.45, 7) is 2.47. The van der Waals surface area contributed by atoms with Crippen LogP contribution in [0.4, 0.5) is 10.5 Å². The molecule has 0 aliphatic carbocycles. The number of nitrogens with zero attached hydrogens (tertiary/aromatic N) is 2. The van der Waals surface area contributed by atoms with Gasteiger partial charge < -0.3 is 20.3 Å². The molecule has 0 unspecified atom stereocenters. The van der Waals surface area contributed by atoms with Crippen LogP contribution in [0.3, 0.4) is 0 Å². The molecule has 0 bridgehead atoms. The van der Waals surface area contributed by atoms with Gasteiger partial charge in [0.05, 0.1) is 11.5 Å². The van der Waals surface area contributed by atoms with Gasteiger partial charge >= 0.3 is 11.7 Å². The zero-order chi connectivity index (χ0) is 15.2. The first-order valence-corrected chi connectivity index (χ1v) is 6.69. The average molecular weight is 294 g/mol. The Hall–Kier alpha value is -2.35. The van der Waals surface area contributed by atoms with E-state index in [1.54, 1.807) is 24.1 Å². The molecule has 0 aromatic heterocycles. The number of nitro groups is 1. The summed E-state index contributed by atoms with van der Waals surface area (Å²) in [6, 6.07) is 4.65. The minimum Gasteiger partial charge on any atom is -0.485 e. The maximum Gasteiger partial charge on any atom is 0.317 e. The van der Waals surface area contributed by atoms with E-state index in [4.69, 9.17) is 4.74 Å². The lowest BCUT2D eigenvalue weighted by atomic mass is 10.2. The lowest BCUT2D eigenvalue weighted by molar-refractivity contribution is -0.385. The van der Waals surface area contributed by atoms with Crippen LogP contribution in [0, 0.1) is 10.1 Å². The van der Waals surface area contributed by atoms with E-state index < -0.39 is 4.92 Å². The minimum absolute atomic E-state index is 0.0688. The zero-order valence-electron chi connectivity index (χ0n) is 11.8. The SMILES string of the molecule is CNCc1ccc([N+](=O)[O-])c(OCCN2CCNC2=O)c1. The van der Waals surface area contributed by atoms with Crippen LogP contribution in [0.15, 0.2) is 18.2 Å². The molecule has 8 heteroatoms. The van der Waals surface area contributed by atoms with Gasteiger partial charge in [0, 0.05) is 25.7 Å². The summed E-state index contributed by atoms with van der Waals surface area (Å²) in [7, 11) is 1.80. The van der Waals surface area contributed by atoms with Gasteiger partial charge in [-0.3, -0.25) is 10.1 Å². The van der Waals surface area contributed by atoms with E-state index in [-0.39, 0.29) is 24.1 Å². The van der Waals surface area contributed by atoms with E-state index in [1.807, 2.05) is 0 Å². The van der Waals surface area contributed by atoms with E-state index in [9.17, 15) is 14.9 Å². The monoisotopic (exact) mass is 294 g/mol. The smallest absolute Gasteiger partial charge is 0.317 e. The summed E-state index contributed by atoms with van der Waals surface area (Å²) < 4.78 is 5.50. The number of carbonyl (C=O) groups is 1. The number of amides is 2. The van der Waals surface area contributed by atoms with E-state index in [1.165, 1.54) is 6.07 Å². The number of urea groups is 1. The Balaban J connectivity index is 2.00. The molecule has 0 atom stereocenters. The van der Waals surface area contributed by atoms with Gasteiger partial charge in [-0.15, -0.1) is 0 Å². The van der Waals surface area contributed by atoms with Crippen LogP contribution < -0.4 is 15.4 Å². The van der Waals surface area contributed by atoms with Gasteiger partial charge in [-0.25, -0.2) is 4.79 Å². The average Bonchev–Trinajstić information content (AvgIpc) is 2.85. The normalized spacial score (nSPS) is 14.1. The molecule has 2 amide bonds. The van der Waals surface area contributed by atoms with E-state index >= 15 is 0 Å². The summed E-state index contributed by atoms with van der Waals surface area (Å²) in [4.78, 5) is 23.5. The molecule has 2 rings (SSSR count). The van der Waals surface area contributed by atoms with Crippen molar-refractivity contribution in [2.24, 2.45) is 0 Å². The molecule has 1 saturated heterocycles. The molecule has 1 aliphatic heterocycles. The number of ether oxygens (including phenoxy) is 1. The third-order valence-corrected chi connectivity index (χ3v) is 3.17. The Morgan fingerprint density at radius 3 is 2.95 bits per heavy atom. The van der Waals surface area contributed by atoms with Gasteiger partial charge in [0.25, 0.3) is 0 Å².